The first-order valence-corrected chi connectivity index (χ1v) is 7.32. The average molecular weight is 304 g/mol. The van der Waals surface area contributed by atoms with Crippen molar-refractivity contribution in [2.75, 3.05) is 7.05 Å². The maximum Gasteiger partial charge on any atom is 0.254 e. The molecule has 2 heterocycles. The fourth-order valence-corrected chi connectivity index (χ4v) is 2.08. The topological polar surface area (TPSA) is 81.2 Å². The van der Waals surface area contributed by atoms with E-state index in [1.165, 1.54) is 15.5 Å². The highest BCUT2D eigenvalue weighted by atomic mass is 16.5. The molecule has 7 heteroatoms. The molecule has 2 aromatic heterocycles. The van der Waals surface area contributed by atoms with Crippen molar-refractivity contribution in [1.29, 1.82) is 0 Å². The molecule has 0 atom stereocenters. The summed E-state index contributed by atoms with van der Waals surface area (Å²) in [7, 11) is 1.64. The van der Waals surface area contributed by atoms with Gasteiger partial charge in [-0.25, -0.2) is 0 Å². The standard InChI is InChI=1S/C15H20N4O3/c1-4-6-12-16-13(22-17-12)10-18(3)15(21)11-7-8-19(5-2)14(20)9-11/h7-9H,4-6,10H2,1-3H3. The predicted molar refractivity (Wildman–Crippen MR) is 80.5 cm³/mol. The monoisotopic (exact) mass is 304 g/mol. The van der Waals surface area contributed by atoms with Gasteiger partial charge in [-0.1, -0.05) is 12.1 Å². The number of pyridine rings is 1. The number of rotatable bonds is 6. The van der Waals surface area contributed by atoms with Crippen LogP contribution in [0, 0.1) is 0 Å². The fourth-order valence-electron chi connectivity index (χ4n) is 2.08. The van der Waals surface area contributed by atoms with Crippen LogP contribution in [0.3, 0.4) is 0 Å². The van der Waals surface area contributed by atoms with E-state index >= 15 is 0 Å². The molecule has 7 nitrogen and oxygen atoms in total. The van der Waals surface area contributed by atoms with Crippen molar-refractivity contribution in [3.8, 4) is 0 Å². The Morgan fingerprint density at radius 1 is 1.41 bits per heavy atom. The van der Waals surface area contributed by atoms with Crippen molar-refractivity contribution < 1.29 is 9.32 Å². The van der Waals surface area contributed by atoms with Crippen molar-refractivity contribution in [2.24, 2.45) is 0 Å². The Balaban J connectivity index is 2.08. The number of hydrogen-bond acceptors (Lipinski definition) is 5. The highest BCUT2D eigenvalue weighted by Crippen LogP contribution is 2.07. The first-order chi connectivity index (χ1) is 10.5. The molecule has 0 bridgehead atoms. The molecule has 0 N–H and O–H groups in total. The quantitative estimate of drug-likeness (QED) is 0.807. The molecule has 2 aromatic rings. The molecule has 0 spiro atoms. The molecule has 0 radical (unpaired) electrons. The normalized spacial score (nSPS) is 10.7. The Bertz CT molecular complexity index is 705. The zero-order valence-corrected chi connectivity index (χ0v) is 13.1. The van der Waals surface area contributed by atoms with Crippen molar-refractivity contribution in [1.82, 2.24) is 19.6 Å². The number of aromatic nitrogens is 3. The van der Waals surface area contributed by atoms with Crippen LogP contribution >= 0.6 is 0 Å². The van der Waals surface area contributed by atoms with Gasteiger partial charge in [0.1, 0.15) is 0 Å². The number of aryl methyl sites for hydroxylation is 2. The van der Waals surface area contributed by atoms with Gasteiger partial charge in [0.25, 0.3) is 11.5 Å². The van der Waals surface area contributed by atoms with Crippen molar-refractivity contribution in [3.63, 3.8) is 0 Å². The van der Waals surface area contributed by atoms with Gasteiger partial charge in [0.2, 0.25) is 5.89 Å². The van der Waals surface area contributed by atoms with E-state index < -0.39 is 0 Å². The van der Waals surface area contributed by atoms with Gasteiger partial charge in [0.05, 0.1) is 6.54 Å². The lowest BCUT2D eigenvalue weighted by atomic mass is 10.2. The van der Waals surface area contributed by atoms with Crippen LogP contribution in [0.1, 0.15) is 42.3 Å². The number of amides is 1. The van der Waals surface area contributed by atoms with E-state index in [2.05, 4.69) is 10.1 Å². The molecule has 1 amide bonds. The third-order valence-corrected chi connectivity index (χ3v) is 3.29. The second-order valence-electron chi connectivity index (χ2n) is 5.06. The van der Waals surface area contributed by atoms with Crippen molar-refractivity contribution in [3.05, 3.63) is 46.0 Å². The summed E-state index contributed by atoms with van der Waals surface area (Å²) in [5.41, 5.74) is 0.162. The Hall–Kier alpha value is -2.44. The molecule has 0 fully saturated rings. The Morgan fingerprint density at radius 3 is 2.82 bits per heavy atom. The summed E-state index contributed by atoms with van der Waals surface area (Å²) in [6.45, 7) is 4.69. The predicted octanol–water partition coefficient (Wildman–Crippen LogP) is 1.48. The lowest BCUT2D eigenvalue weighted by molar-refractivity contribution is 0.0769. The molecule has 0 aliphatic heterocycles. The summed E-state index contributed by atoms with van der Waals surface area (Å²) < 4.78 is 6.65. The van der Waals surface area contributed by atoms with Crippen molar-refractivity contribution in [2.45, 2.75) is 39.8 Å². The third-order valence-electron chi connectivity index (χ3n) is 3.29. The van der Waals surface area contributed by atoms with Gasteiger partial charge in [-0.3, -0.25) is 9.59 Å². The van der Waals surface area contributed by atoms with Crippen LogP contribution in [-0.4, -0.2) is 32.6 Å². The van der Waals surface area contributed by atoms with Crippen molar-refractivity contribution >= 4 is 5.91 Å². The summed E-state index contributed by atoms with van der Waals surface area (Å²) in [4.78, 5) is 29.8. The van der Waals surface area contributed by atoms with Crippen LogP contribution in [0.4, 0.5) is 0 Å². The van der Waals surface area contributed by atoms with Crippen LogP contribution in [0.2, 0.25) is 0 Å². The van der Waals surface area contributed by atoms with E-state index in [1.54, 1.807) is 19.3 Å². The lowest BCUT2D eigenvalue weighted by Crippen LogP contribution is -2.28. The van der Waals surface area contributed by atoms with E-state index in [4.69, 9.17) is 4.52 Å². The zero-order valence-electron chi connectivity index (χ0n) is 13.1. The van der Waals surface area contributed by atoms with E-state index in [-0.39, 0.29) is 18.0 Å². The third kappa shape index (κ3) is 3.60. The van der Waals surface area contributed by atoms with E-state index in [0.29, 0.717) is 23.8 Å². The summed E-state index contributed by atoms with van der Waals surface area (Å²) in [6, 6.07) is 2.98. The SMILES string of the molecule is CCCc1noc(CN(C)C(=O)c2ccn(CC)c(=O)c2)n1. The summed E-state index contributed by atoms with van der Waals surface area (Å²) >= 11 is 0. The molecular weight excluding hydrogens is 284 g/mol. The number of hydrogen-bond donors (Lipinski definition) is 0. The van der Waals surface area contributed by atoms with Crippen LogP contribution < -0.4 is 5.56 Å². The van der Waals surface area contributed by atoms with Gasteiger partial charge in [-0.15, -0.1) is 0 Å². The summed E-state index contributed by atoms with van der Waals surface area (Å²) in [5, 5.41) is 3.85. The molecule has 0 saturated carbocycles. The minimum absolute atomic E-state index is 0.190. The van der Waals surface area contributed by atoms with Gasteiger partial charge >= 0.3 is 0 Å². The lowest BCUT2D eigenvalue weighted by Gasteiger charge is -2.15. The smallest absolute Gasteiger partial charge is 0.254 e. The number of carbonyl (C=O) groups excluding carboxylic acids is 1. The molecule has 22 heavy (non-hydrogen) atoms. The molecular formula is C15H20N4O3. The fraction of sp³-hybridized carbons (Fsp3) is 0.467. The summed E-state index contributed by atoms with van der Waals surface area (Å²) in [6.07, 6.45) is 3.30. The van der Waals surface area contributed by atoms with E-state index in [9.17, 15) is 9.59 Å². The molecule has 2 rings (SSSR count). The van der Waals surface area contributed by atoms with E-state index in [0.717, 1.165) is 12.8 Å². The van der Waals surface area contributed by atoms with E-state index in [1.807, 2.05) is 13.8 Å². The second-order valence-corrected chi connectivity index (χ2v) is 5.06. The Kier molecular flexibility index (Phi) is 5.08. The highest BCUT2D eigenvalue weighted by molar-refractivity contribution is 5.93. The van der Waals surface area contributed by atoms with Crippen LogP contribution in [-0.2, 0) is 19.5 Å². The maximum absolute atomic E-state index is 12.3. The maximum atomic E-state index is 12.3. The summed E-state index contributed by atoms with van der Waals surface area (Å²) in [5.74, 6) is 0.778. The van der Waals surface area contributed by atoms with Crippen LogP contribution in [0.5, 0.6) is 0 Å². The first kappa shape index (κ1) is 15.9. The van der Waals surface area contributed by atoms with Gasteiger partial charge in [-0.2, -0.15) is 4.98 Å². The largest absolute Gasteiger partial charge is 0.337 e. The Labute approximate surface area is 128 Å². The zero-order chi connectivity index (χ0) is 16.1. The van der Waals surface area contributed by atoms with Gasteiger partial charge < -0.3 is 14.0 Å². The van der Waals surface area contributed by atoms with Crippen LogP contribution in [0.25, 0.3) is 0 Å². The van der Waals surface area contributed by atoms with Crippen LogP contribution in [0.15, 0.2) is 27.6 Å². The van der Waals surface area contributed by atoms with Gasteiger partial charge in [0, 0.05) is 37.8 Å². The number of carbonyl (C=O) groups is 1. The number of nitrogens with zero attached hydrogens (tertiary/aromatic N) is 4. The molecule has 0 unspecified atom stereocenters. The highest BCUT2D eigenvalue weighted by Gasteiger charge is 2.16. The van der Waals surface area contributed by atoms with Gasteiger partial charge in [-0.05, 0) is 19.4 Å². The Morgan fingerprint density at radius 2 is 2.18 bits per heavy atom. The molecule has 0 saturated heterocycles. The molecule has 0 aliphatic rings. The average Bonchev–Trinajstić information content (AvgIpc) is 2.94. The first-order valence-electron chi connectivity index (χ1n) is 7.32. The van der Waals surface area contributed by atoms with Gasteiger partial charge in [0.15, 0.2) is 5.82 Å². The molecule has 0 aliphatic carbocycles. The molecule has 0 aromatic carbocycles. The second kappa shape index (κ2) is 7.02. The molecule has 118 valence electrons. The minimum atomic E-state index is -0.254. The minimum Gasteiger partial charge on any atom is -0.337 e.